The van der Waals surface area contributed by atoms with Crippen LogP contribution in [-0.4, -0.2) is 30.0 Å². The van der Waals surface area contributed by atoms with Crippen LogP contribution in [-0.2, 0) is 4.79 Å². The van der Waals surface area contributed by atoms with Crippen LogP contribution in [0.15, 0.2) is 24.3 Å². The van der Waals surface area contributed by atoms with E-state index in [2.05, 4.69) is 24.4 Å². The van der Waals surface area contributed by atoms with Gasteiger partial charge in [0.1, 0.15) is 11.9 Å². The van der Waals surface area contributed by atoms with Crippen LogP contribution in [0.1, 0.15) is 44.3 Å². The zero-order valence-corrected chi connectivity index (χ0v) is 12.0. The zero-order valence-electron chi connectivity index (χ0n) is 12.0. The van der Waals surface area contributed by atoms with Gasteiger partial charge in [-0.25, -0.2) is 0 Å². The summed E-state index contributed by atoms with van der Waals surface area (Å²) in [6.07, 6.45) is 4.57. The predicted octanol–water partition coefficient (Wildman–Crippen LogP) is 2.46. The van der Waals surface area contributed by atoms with Gasteiger partial charge in [0.25, 0.3) is 0 Å². The number of carbonyl (C=O) groups excluding carboxylic acids is 1. The topological polar surface area (TPSA) is 41.6 Å². The van der Waals surface area contributed by atoms with E-state index in [0.29, 0.717) is 12.6 Å². The van der Waals surface area contributed by atoms with E-state index < -0.39 is 0 Å². The van der Waals surface area contributed by atoms with Gasteiger partial charge in [-0.1, -0.05) is 19.1 Å². The minimum Gasteiger partial charge on any atom is -0.494 e. The van der Waals surface area contributed by atoms with Crippen LogP contribution in [0.3, 0.4) is 0 Å². The van der Waals surface area contributed by atoms with Crippen molar-refractivity contribution in [2.45, 2.75) is 44.8 Å². The van der Waals surface area contributed by atoms with Crippen molar-refractivity contribution in [1.82, 2.24) is 10.2 Å². The Hall–Kier alpha value is -1.55. The molecule has 20 heavy (non-hydrogen) atoms. The van der Waals surface area contributed by atoms with Crippen LogP contribution in [0, 0.1) is 0 Å². The molecule has 4 heteroatoms. The summed E-state index contributed by atoms with van der Waals surface area (Å²) in [4.78, 5) is 14.1. The summed E-state index contributed by atoms with van der Waals surface area (Å²) in [5.41, 5.74) is 1.14. The highest BCUT2D eigenvalue weighted by molar-refractivity contribution is 5.81. The average molecular weight is 274 g/mol. The SMILES string of the molecule is CCCOc1ccc(C2NCC(=O)N2C2CCC2)cc1. The third-order valence-electron chi connectivity index (χ3n) is 4.15. The molecular formula is C16H22N2O2. The molecule has 1 saturated carbocycles. The van der Waals surface area contributed by atoms with Gasteiger partial charge in [-0.15, -0.1) is 0 Å². The van der Waals surface area contributed by atoms with Gasteiger partial charge in [0.2, 0.25) is 5.91 Å². The van der Waals surface area contributed by atoms with Crippen molar-refractivity contribution in [3.05, 3.63) is 29.8 Å². The molecule has 0 aromatic heterocycles. The molecular weight excluding hydrogens is 252 g/mol. The molecule has 1 aliphatic heterocycles. The van der Waals surface area contributed by atoms with Gasteiger partial charge in [0.15, 0.2) is 0 Å². The Labute approximate surface area is 120 Å². The van der Waals surface area contributed by atoms with Crippen LogP contribution >= 0.6 is 0 Å². The van der Waals surface area contributed by atoms with Crippen LogP contribution < -0.4 is 10.1 Å². The number of rotatable bonds is 5. The Bertz CT molecular complexity index is 468. The minimum absolute atomic E-state index is 0.0352. The average Bonchev–Trinajstić information content (AvgIpc) is 2.78. The Balaban J connectivity index is 1.72. The predicted molar refractivity (Wildman–Crippen MR) is 77.5 cm³/mol. The van der Waals surface area contributed by atoms with Crippen LogP contribution in [0.4, 0.5) is 0 Å². The first-order valence-corrected chi connectivity index (χ1v) is 7.57. The fourth-order valence-corrected chi connectivity index (χ4v) is 2.84. The molecule has 108 valence electrons. The third-order valence-corrected chi connectivity index (χ3v) is 4.15. The van der Waals surface area contributed by atoms with Crippen LogP contribution in [0.5, 0.6) is 5.75 Å². The van der Waals surface area contributed by atoms with E-state index >= 15 is 0 Å². The Morgan fingerprint density at radius 2 is 2.05 bits per heavy atom. The van der Waals surface area contributed by atoms with Crippen molar-refractivity contribution in [2.75, 3.05) is 13.2 Å². The number of nitrogens with one attached hydrogen (secondary N) is 1. The quantitative estimate of drug-likeness (QED) is 0.896. The molecule has 2 aliphatic rings. The number of hydrogen-bond acceptors (Lipinski definition) is 3. The van der Waals surface area contributed by atoms with Crippen molar-refractivity contribution in [3.63, 3.8) is 0 Å². The molecule has 0 spiro atoms. The van der Waals surface area contributed by atoms with E-state index in [1.807, 2.05) is 17.0 Å². The molecule has 1 aromatic rings. The van der Waals surface area contributed by atoms with Crippen molar-refractivity contribution >= 4 is 5.91 Å². The molecule has 1 unspecified atom stereocenters. The molecule has 1 N–H and O–H groups in total. The lowest BCUT2D eigenvalue weighted by atomic mass is 9.91. The van der Waals surface area contributed by atoms with Crippen molar-refractivity contribution < 1.29 is 9.53 Å². The van der Waals surface area contributed by atoms with Gasteiger partial charge in [0.05, 0.1) is 13.2 Å². The lowest BCUT2D eigenvalue weighted by Crippen LogP contribution is -2.43. The highest BCUT2D eigenvalue weighted by Gasteiger charge is 2.38. The fraction of sp³-hybridized carbons (Fsp3) is 0.562. The number of hydrogen-bond donors (Lipinski definition) is 1. The Morgan fingerprint density at radius 3 is 2.65 bits per heavy atom. The minimum atomic E-state index is 0.0352. The maximum Gasteiger partial charge on any atom is 0.238 e. The maximum absolute atomic E-state index is 12.0. The number of amides is 1. The standard InChI is InChI=1S/C16H22N2O2/c1-2-10-20-14-8-6-12(7-9-14)16-17-11-15(19)18(16)13-4-3-5-13/h6-9,13,16-17H,2-5,10-11H2,1H3. The lowest BCUT2D eigenvalue weighted by molar-refractivity contribution is -0.132. The summed E-state index contributed by atoms with van der Waals surface area (Å²) < 4.78 is 5.60. The molecule has 1 aromatic carbocycles. The molecule has 1 heterocycles. The second kappa shape index (κ2) is 5.83. The van der Waals surface area contributed by atoms with Gasteiger partial charge in [-0.05, 0) is 43.4 Å². The first kappa shape index (κ1) is 13.4. The summed E-state index contributed by atoms with van der Waals surface area (Å²) in [7, 11) is 0. The molecule has 4 nitrogen and oxygen atoms in total. The highest BCUT2D eigenvalue weighted by Crippen LogP contribution is 2.34. The van der Waals surface area contributed by atoms with Crippen LogP contribution in [0.2, 0.25) is 0 Å². The fourth-order valence-electron chi connectivity index (χ4n) is 2.84. The summed E-state index contributed by atoms with van der Waals surface area (Å²) in [5, 5.41) is 3.32. The largest absolute Gasteiger partial charge is 0.494 e. The van der Waals surface area contributed by atoms with Gasteiger partial charge in [-0.2, -0.15) is 0 Å². The van der Waals surface area contributed by atoms with E-state index in [0.717, 1.165) is 37.2 Å². The molecule has 1 aliphatic carbocycles. The lowest BCUT2D eigenvalue weighted by Gasteiger charge is -2.38. The van der Waals surface area contributed by atoms with Gasteiger partial charge < -0.3 is 9.64 Å². The third kappa shape index (κ3) is 2.52. The molecule has 3 rings (SSSR count). The number of carbonyl (C=O) groups is 1. The summed E-state index contributed by atoms with van der Waals surface area (Å²) in [5.74, 6) is 1.13. The molecule has 2 fully saturated rings. The molecule has 0 bridgehead atoms. The van der Waals surface area contributed by atoms with E-state index in [1.54, 1.807) is 0 Å². The van der Waals surface area contributed by atoms with Crippen molar-refractivity contribution in [2.24, 2.45) is 0 Å². The monoisotopic (exact) mass is 274 g/mol. The van der Waals surface area contributed by atoms with Crippen molar-refractivity contribution in [3.8, 4) is 5.75 Å². The zero-order chi connectivity index (χ0) is 13.9. The Morgan fingerprint density at radius 1 is 1.30 bits per heavy atom. The number of benzene rings is 1. The summed E-state index contributed by atoms with van der Waals surface area (Å²) >= 11 is 0. The van der Waals surface area contributed by atoms with Gasteiger partial charge in [-0.3, -0.25) is 10.1 Å². The molecule has 1 saturated heterocycles. The first-order chi connectivity index (χ1) is 9.79. The number of ether oxygens (including phenoxy) is 1. The highest BCUT2D eigenvalue weighted by atomic mass is 16.5. The summed E-state index contributed by atoms with van der Waals surface area (Å²) in [6, 6.07) is 8.54. The molecule has 1 atom stereocenters. The van der Waals surface area contributed by atoms with Crippen molar-refractivity contribution in [1.29, 1.82) is 0 Å². The van der Waals surface area contributed by atoms with Crippen LogP contribution in [0.25, 0.3) is 0 Å². The first-order valence-electron chi connectivity index (χ1n) is 7.57. The molecule has 0 radical (unpaired) electrons. The smallest absolute Gasteiger partial charge is 0.238 e. The Kier molecular flexibility index (Phi) is 3.92. The maximum atomic E-state index is 12.0. The molecule has 1 amide bonds. The normalized spacial score (nSPS) is 22.9. The van der Waals surface area contributed by atoms with Gasteiger partial charge >= 0.3 is 0 Å². The van der Waals surface area contributed by atoms with E-state index in [1.165, 1.54) is 6.42 Å². The summed E-state index contributed by atoms with van der Waals surface area (Å²) in [6.45, 7) is 3.29. The van der Waals surface area contributed by atoms with Gasteiger partial charge in [0, 0.05) is 6.04 Å². The van der Waals surface area contributed by atoms with E-state index in [-0.39, 0.29) is 12.1 Å². The number of nitrogens with zero attached hydrogens (tertiary/aromatic N) is 1. The second-order valence-corrected chi connectivity index (χ2v) is 5.59. The van der Waals surface area contributed by atoms with E-state index in [4.69, 9.17) is 4.74 Å². The second-order valence-electron chi connectivity index (χ2n) is 5.59. The van der Waals surface area contributed by atoms with E-state index in [9.17, 15) is 4.79 Å².